The average Bonchev–Trinajstić information content (AvgIpc) is 2.96. The second-order valence-electron chi connectivity index (χ2n) is 11.0. The molecule has 0 aromatic heterocycles. The van der Waals surface area contributed by atoms with Crippen molar-refractivity contribution in [2.24, 2.45) is 15.6 Å². The van der Waals surface area contributed by atoms with E-state index in [1.54, 1.807) is 4.90 Å². The molecule has 0 spiro atoms. The fraction of sp³-hybridized carbons (Fsp3) is 0.565. The number of benzene rings is 1. The number of aliphatic hydroxyl groups is 2. The Labute approximate surface area is 207 Å². The van der Waals surface area contributed by atoms with Gasteiger partial charge in [-0.1, -0.05) is 41.5 Å². The lowest BCUT2D eigenvalue weighted by Crippen LogP contribution is -2.48. The molecule has 0 radical (unpaired) electrons. The molecule has 1 aromatic carbocycles. The van der Waals surface area contributed by atoms with Crippen LogP contribution in [0.5, 0.6) is 0 Å². The Morgan fingerprint density at radius 3 is 2.37 bits per heavy atom. The topological polar surface area (TPSA) is 148 Å². The van der Waals surface area contributed by atoms with Crippen molar-refractivity contribution in [3.8, 4) is 0 Å². The lowest BCUT2D eigenvalue weighted by molar-refractivity contribution is -0.130. The molecule has 0 bridgehead atoms. The van der Waals surface area contributed by atoms with Gasteiger partial charge >= 0.3 is 0 Å². The number of rotatable bonds is 7. The van der Waals surface area contributed by atoms with Crippen molar-refractivity contribution >= 4 is 45.7 Å². The van der Waals surface area contributed by atoms with Gasteiger partial charge in [-0.3, -0.25) is 14.1 Å². The highest BCUT2D eigenvalue weighted by Crippen LogP contribution is 2.51. The number of nitrogens with zero attached hydrogens (tertiary/aromatic N) is 2. The first kappa shape index (κ1) is 27.2. The van der Waals surface area contributed by atoms with Gasteiger partial charge in [-0.25, -0.2) is 13.2 Å². The maximum Gasteiger partial charge on any atom is 0.261 e. The number of amides is 1. The van der Waals surface area contributed by atoms with Crippen LogP contribution in [-0.2, 0) is 19.4 Å². The van der Waals surface area contributed by atoms with Crippen LogP contribution in [-0.4, -0.2) is 60.5 Å². The number of carbonyl (C=O) groups is 1. The summed E-state index contributed by atoms with van der Waals surface area (Å²) in [5.41, 5.74) is -0.299. The lowest BCUT2D eigenvalue weighted by atomic mass is 9.83. The number of hydrogen-bond donors (Lipinski definition) is 4. The van der Waals surface area contributed by atoms with E-state index in [1.165, 1.54) is 18.2 Å². The van der Waals surface area contributed by atoms with Gasteiger partial charge in [-0.05, 0) is 35.4 Å². The summed E-state index contributed by atoms with van der Waals surface area (Å²) in [5, 5.41) is 24.4. The second-order valence-corrected chi connectivity index (χ2v) is 15.1. The van der Waals surface area contributed by atoms with Crippen LogP contribution >= 0.6 is 7.29 Å². The second kappa shape index (κ2) is 8.94. The average molecular weight is 527 g/mol. The molecule has 194 valence electrons. The van der Waals surface area contributed by atoms with Crippen LogP contribution in [0.1, 0.15) is 48.0 Å². The highest BCUT2D eigenvalue weighted by molar-refractivity contribution is 7.92. The van der Waals surface area contributed by atoms with E-state index in [9.17, 15) is 28.0 Å². The largest absolute Gasteiger partial charge is 0.509 e. The highest BCUT2D eigenvalue weighted by Gasteiger charge is 2.49. The fourth-order valence-corrected chi connectivity index (χ4v) is 6.48. The smallest absolute Gasteiger partial charge is 0.261 e. The van der Waals surface area contributed by atoms with Gasteiger partial charge in [0.2, 0.25) is 17.3 Å². The predicted molar refractivity (Wildman–Crippen MR) is 139 cm³/mol. The summed E-state index contributed by atoms with van der Waals surface area (Å²) in [5.74, 6) is -0.672. The van der Waals surface area contributed by atoms with Gasteiger partial charge in [0.15, 0.2) is 0 Å². The first-order valence-electron chi connectivity index (χ1n) is 11.4. The molecule has 1 amide bonds. The summed E-state index contributed by atoms with van der Waals surface area (Å²) >= 11 is 0. The van der Waals surface area contributed by atoms with Crippen LogP contribution < -0.4 is 15.3 Å². The normalized spacial score (nSPS) is 23.2. The van der Waals surface area contributed by atoms with Crippen molar-refractivity contribution in [2.75, 3.05) is 29.2 Å². The van der Waals surface area contributed by atoms with Gasteiger partial charge in [0.05, 0.1) is 23.3 Å². The number of hydrogen-bond acceptors (Lipinski definition) is 7. The maximum atomic E-state index is 13.7. The molecule has 2 unspecified atom stereocenters. The van der Waals surface area contributed by atoms with Crippen LogP contribution in [0.15, 0.2) is 34.3 Å². The standard InChI is InChI=1S/C23H35N4O6PS/c1-8-23(5,6)12-27-19(22(2,3)4)18(29)17(21(27)30)20-24-15-10-9-14(26-35(7,32)33)11-16(15)34(31,13-28)25-20/h9-11,19,26,28-29H,8,12-13H2,1-7H3,(H,24,25,31). The van der Waals surface area contributed by atoms with E-state index in [0.717, 1.165) is 12.7 Å². The Morgan fingerprint density at radius 1 is 1.23 bits per heavy atom. The number of carbonyl (C=O) groups excluding carboxylic acids is 1. The Balaban J connectivity index is 2.11. The van der Waals surface area contributed by atoms with Crippen LogP contribution in [0.4, 0.5) is 11.4 Å². The lowest BCUT2D eigenvalue weighted by Gasteiger charge is -2.39. The predicted octanol–water partition coefficient (Wildman–Crippen LogP) is 3.24. The number of fused-ring (bicyclic) bond motifs is 1. The molecule has 2 heterocycles. The van der Waals surface area contributed by atoms with E-state index < -0.39 is 41.0 Å². The number of aliphatic hydroxyl groups excluding tert-OH is 2. The van der Waals surface area contributed by atoms with Crippen molar-refractivity contribution in [3.05, 3.63) is 29.5 Å². The molecule has 2 aliphatic rings. The third kappa shape index (κ3) is 5.42. The third-order valence-corrected chi connectivity index (χ3v) is 8.93. The third-order valence-electron chi connectivity index (χ3n) is 6.30. The summed E-state index contributed by atoms with van der Waals surface area (Å²) in [7, 11) is -7.41. The fourth-order valence-electron chi connectivity index (χ4n) is 4.28. The maximum absolute atomic E-state index is 13.7. The Bertz CT molecular complexity index is 1260. The molecule has 2 atom stereocenters. The van der Waals surface area contributed by atoms with Crippen molar-refractivity contribution < 1.29 is 28.0 Å². The molecule has 4 N–H and O–H groups in total. The van der Waals surface area contributed by atoms with Crippen molar-refractivity contribution in [1.82, 2.24) is 4.90 Å². The summed E-state index contributed by atoms with van der Waals surface area (Å²) in [6, 6.07) is 3.70. The zero-order valence-corrected chi connectivity index (χ0v) is 22.9. The summed E-state index contributed by atoms with van der Waals surface area (Å²) in [6.45, 7) is 12.3. The summed E-state index contributed by atoms with van der Waals surface area (Å²) in [4.78, 5) is 15.3. The van der Waals surface area contributed by atoms with Crippen LogP contribution in [0.25, 0.3) is 0 Å². The molecular weight excluding hydrogens is 491 g/mol. The summed E-state index contributed by atoms with van der Waals surface area (Å²) in [6.07, 6.45) is 0.982. The van der Waals surface area contributed by atoms with Gasteiger partial charge in [0, 0.05) is 12.2 Å². The molecule has 3 rings (SSSR count). The van der Waals surface area contributed by atoms with Crippen molar-refractivity contribution in [2.45, 2.75) is 54.0 Å². The van der Waals surface area contributed by atoms with E-state index in [1.807, 2.05) is 41.5 Å². The molecule has 12 heteroatoms. The SMILES string of the molecule is CCC(C)(C)CN1C(=O)C(C2=NP(=O)(CO)c3cc(NS(C)(=O)=O)ccc3N2)=C(O)C1C(C)(C)C. The molecule has 10 nitrogen and oxygen atoms in total. The van der Waals surface area contributed by atoms with Gasteiger partial charge in [-0.2, -0.15) is 0 Å². The number of amidine groups is 1. The Kier molecular flexibility index (Phi) is 6.96. The number of nitrogens with one attached hydrogen (secondary N) is 2. The molecular formula is C23H35N4O6PS. The highest BCUT2D eigenvalue weighted by atomic mass is 32.2. The zero-order valence-electron chi connectivity index (χ0n) is 21.2. The molecule has 2 aliphatic heterocycles. The van der Waals surface area contributed by atoms with Crippen LogP contribution in [0.3, 0.4) is 0 Å². The molecule has 0 saturated carbocycles. The zero-order chi connectivity index (χ0) is 26.6. The van der Waals surface area contributed by atoms with Crippen LogP contribution in [0, 0.1) is 10.8 Å². The minimum atomic E-state index is -3.84. The van der Waals surface area contributed by atoms with E-state index in [2.05, 4.69) is 14.8 Å². The molecule has 1 aromatic rings. The van der Waals surface area contributed by atoms with Gasteiger partial charge in [0.1, 0.15) is 23.5 Å². The van der Waals surface area contributed by atoms with Crippen molar-refractivity contribution in [3.63, 3.8) is 0 Å². The molecule has 0 saturated heterocycles. The first-order valence-corrected chi connectivity index (χ1v) is 15.1. The van der Waals surface area contributed by atoms with E-state index in [0.29, 0.717) is 12.2 Å². The van der Waals surface area contributed by atoms with E-state index >= 15 is 0 Å². The van der Waals surface area contributed by atoms with Gasteiger partial charge in [-0.15, -0.1) is 0 Å². The van der Waals surface area contributed by atoms with Crippen molar-refractivity contribution in [1.29, 1.82) is 0 Å². The number of sulfonamides is 1. The number of anilines is 2. The molecule has 35 heavy (non-hydrogen) atoms. The van der Waals surface area contributed by atoms with Crippen LogP contribution in [0.2, 0.25) is 0 Å². The van der Waals surface area contributed by atoms with E-state index in [4.69, 9.17) is 0 Å². The first-order chi connectivity index (χ1) is 15.9. The quantitative estimate of drug-likeness (QED) is 0.399. The Morgan fingerprint density at radius 2 is 1.86 bits per heavy atom. The molecule has 0 aliphatic carbocycles. The summed E-state index contributed by atoms with van der Waals surface area (Å²) < 4.78 is 43.4. The van der Waals surface area contributed by atoms with E-state index in [-0.39, 0.29) is 33.6 Å². The Hall–Kier alpha value is -2.36. The minimum absolute atomic E-state index is 0.0745. The molecule has 0 fully saturated rings. The monoisotopic (exact) mass is 526 g/mol. The van der Waals surface area contributed by atoms with Gasteiger partial charge < -0.3 is 20.4 Å². The minimum Gasteiger partial charge on any atom is -0.509 e. The van der Waals surface area contributed by atoms with Gasteiger partial charge in [0.25, 0.3) is 5.91 Å².